The average Bonchev–Trinajstić information content (AvgIpc) is 2.72. The van der Waals surface area contributed by atoms with Crippen LogP contribution < -0.4 is 0 Å². The van der Waals surface area contributed by atoms with E-state index in [0.29, 0.717) is 5.39 Å². The van der Waals surface area contributed by atoms with Crippen molar-refractivity contribution in [2.75, 3.05) is 0 Å². The Labute approximate surface area is 104 Å². The van der Waals surface area contributed by atoms with Gasteiger partial charge in [0.1, 0.15) is 0 Å². The zero-order valence-electron chi connectivity index (χ0n) is 9.47. The first-order chi connectivity index (χ1) is 7.90. The fraction of sp³-hybridized carbons (Fsp3) is 0.250. The van der Waals surface area contributed by atoms with E-state index in [0.717, 1.165) is 4.70 Å². The van der Waals surface area contributed by atoms with Crippen molar-refractivity contribution in [1.29, 1.82) is 5.26 Å². The fourth-order valence-electron chi connectivity index (χ4n) is 1.50. The van der Waals surface area contributed by atoms with Gasteiger partial charge in [-0.05, 0) is 19.9 Å². The van der Waals surface area contributed by atoms with E-state index in [9.17, 15) is 8.42 Å². The smallest absolute Gasteiger partial charge is 0.198 e. The molecule has 0 saturated heterocycles. The summed E-state index contributed by atoms with van der Waals surface area (Å²) in [4.78, 5) is 0.254. The molecule has 0 aliphatic heterocycles. The van der Waals surface area contributed by atoms with Gasteiger partial charge < -0.3 is 0 Å². The van der Waals surface area contributed by atoms with Gasteiger partial charge in [0, 0.05) is 15.5 Å². The molecule has 0 unspecified atom stereocenters. The van der Waals surface area contributed by atoms with E-state index < -0.39 is 14.6 Å². The number of nitriles is 1. The van der Waals surface area contributed by atoms with Crippen LogP contribution in [0.3, 0.4) is 0 Å². The third kappa shape index (κ3) is 1.74. The highest BCUT2D eigenvalue weighted by Crippen LogP contribution is 2.34. The molecule has 0 saturated carbocycles. The summed E-state index contributed by atoms with van der Waals surface area (Å²) in [5, 5.41) is 11.3. The van der Waals surface area contributed by atoms with E-state index in [-0.39, 0.29) is 4.90 Å². The topological polar surface area (TPSA) is 57.9 Å². The van der Waals surface area contributed by atoms with Crippen LogP contribution in [-0.2, 0) is 9.84 Å². The lowest BCUT2D eigenvalue weighted by Gasteiger charge is -2.15. The first kappa shape index (κ1) is 12.1. The summed E-state index contributed by atoms with van der Waals surface area (Å²) in [5.74, 6) is 0. The number of nitrogens with zero attached hydrogens (tertiary/aromatic N) is 1. The second-order valence-electron chi connectivity index (χ2n) is 4.22. The van der Waals surface area contributed by atoms with Gasteiger partial charge in [0.05, 0.1) is 11.0 Å². The van der Waals surface area contributed by atoms with E-state index in [2.05, 4.69) is 0 Å². The van der Waals surface area contributed by atoms with Gasteiger partial charge in [0.15, 0.2) is 14.6 Å². The zero-order chi connectivity index (χ0) is 12.7. The molecule has 0 aliphatic carbocycles. The van der Waals surface area contributed by atoms with Crippen molar-refractivity contribution in [1.82, 2.24) is 0 Å². The Balaban J connectivity index is 2.75. The van der Waals surface area contributed by atoms with Gasteiger partial charge in [-0.1, -0.05) is 18.2 Å². The lowest BCUT2D eigenvalue weighted by atomic mass is 10.2. The molecule has 0 radical (unpaired) electrons. The van der Waals surface area contributed by atoms with E-state index in [4.69, 9.17) is 5.26 Å². The Morgan fingerprint density at radius 2 is 1.94 bits per heavy atom. The molecule has 0 atom stereocenters. The van der Waals surface area contributed by atoms with E-state index in [1.807, 2.05) is 18.2 Å². The summed E-state index contributed by atoms with van der Waals surface area (Å²) < 4.78 is 24.2. The summed E-state index contributed by atoms with van der Waals surface area (Å²) in [6, 6.07) is 9.16. The van der Waals surface area contributed by atoms with Crippen molar-refractivity contribution >= 4 is 31.3 Å². The first-order valence-electron chi connectivity index (χ1n) is 5.02. The molecular formula is C12H11NO2S2. The van der Waals surface area contributed by atoms with E-state index in [1.165, 1.54) is 25.2 Å². The van der Waals surface area contributed by atoms with Crippen molar-refractivity contribution in [3.8, 4) is 6.07 Å². The summed E-state index contributed by atoms with van der Waals surface area (Å²) >= 11 is 1.38. The van der Waals surface area contributed by atoms with Crippen LogP contribution in [0.5, 0.6) is 0 Å². The maximum Gasteiger partial charge on any atom is 0.198 e. The zero-order valence-corrected chi connectivity index (χ0v) is 11.1. The number of benzene rings is 1. The maximum absolute atomic E-state index is 12.3. The second-order valence-corrected chi connectivity index (χ2v) is 7.60. The standard InChI is InChI=1S/C12H11NO2S2/c1-12(2,8-13)17(14,15)11-7-16-10-6-4-3-5-9(10)11/h3-7H,1-2H3. The number of fused-ring (bicyclic) bond motifs is 1. The van der Waals surface area contributed by atoms with Crippen molar-refractivity contribution in [2.24, 2.45) is 0 Å². The van der Waals surface area contributed by atoms with E-state index in [1.54, 1.807) is 17.5 Å². The number of hydrogen-bond donors (Lipinski definition) is 0. The Morgan fingerprint density at radius 1 is 1.29 bits per heavy atom. The minimum atomic E-state index is -3.62. The van der Waals surface area contributed by atoms with Gasteiger partial charge in [0.25, 0.3) is 0 Å². The van der Waals surface area contributed by atoms with Gasteiger partial charge in [-0.2, -0.15) is 5.26 Å². The summed E-state index contributed by atoms with van der Waals surface area (Å²) in [6.45, 7) is 2.85. The molecule has 0 bridgehead atoms. The Morgan fingerprint density at radius 3 is 2.59 bits per heavy atom. The van der Waals surface area contributed by atoms with Crippen molar-refractivity contribution in [3.05, 3.63) is 29.6 Å². The molecule has 1 aromatic carbocycles. The predicted molar refractivity (Wildman–Crippen MR) is 68.7 cm³/mol. The van der Waals surface area contributed by atoms with E-state index >= 15 is 0 Å². The quantitative estimate of drug-likeness (QED) is 0.838. The number of rotatable bonds is 2. The van der Waals surface area contributed by atoms with Crippen LogP contribution in [0.1, 0.15) is 13.8 Å². The highest BCUT2D eigenvalue weighted by atomic mass is 32.2. The molecule has 0 amide bonds. The molecule has 5 heteroatoms. The molecule has 1 heterocycles. The molecule has 2 aromatic rings. The highest BCUT2D eigenvalue weighted by Gasteiger charge is 2.37. The second kappa shape index (κ2) is 3.83. The summed E-state index contributed by atoms with van der Waals surface area (Å²) in [6.07, 6.45) is 0. The van der Waals surface area contributed by atoms with Gasteiger partial charge in [0.2, 0.25) is 0 Å². The molecule has 0 aliphatic rings. The van der Waals surface area contributed by atoms with Gasteiger partial charge in [-0.15, -0.1) is 11.3 Å². The van der Waals surface area contributed by atoms with Crippen molar-refractivity contribution in [2.45, 2.75) is 23.5 Å². The fourth-order valence-corrected chi connectivity index (χ4v) is 4.17. The molecular weight excluding hydrogens is 254 g/mol. The maximum atomic E-state index is 12.3. The van der Waals surface area contributed by atoms with Crippen LogP contribution >= 0.6 is 11.3 Å². The van der Waals surface area contributed by atoms with Gasteiger partial charge >= 0.3 is 0 Å². The van der Waals surface area contributed by atoms with Gasteiger partial charge in [-0.3, -0.25) is 0 Å². The Kier molecular flexibility index (Phi) is 2.72. The largest absolute Gasteiger partial charge is 0.222 e. The van der Waals surface area contributed by atoms with Crippen LogP contribution in [0.4, 0.5) is 0 Å². The normalized spacial score (nSPS) is 12.5. The van der Waals surface area contributed by atoms with Crippen LogP contribution in [0.2, 0.25) is 0 Å². The predicted octanol–water partition coefficient (Wildman–Crippen LogP) is 2.98. The SMILES string of the molecule is CC(C)(C#N)S(=O)(=O)c1csc2ccccc12. The van der Waals surface area contributed by atoms with Crippen molar-refractivity contribution in [3.63, 3.8) is 0 Å². The number of hydrogen-bond acceptors (Lipinski definition) is 4. The minimum absolute atomic E-state index is 0.254. The number of thiophene rings is 1. The molecule has 17 heavy (non-hydrogen) atoms. The highest BCUT2D eigenvalue weighted by molar-refractivity contribution is 7.93. The molecule has 0 fully saturated rings. The molecule has 1 aromatic heterocycles. The van der Waals surface area contributed by atoms with Crippen LogP contribution in [0, 0.1) is 11.3 Å². The minimum Gasteiger partial charge on any atom is -0.222 e. The average molecular weight is 265 g/mol. The lowest BCUT2D eigenvalue weighted by Crippen LogP contribution is -2.29. The summed E-state index contributed by atoms with van der Waals surface area (Å²) in [5.41, 5.74) is 0. The molecule has 0 spiro atoms. The Hall–Kier alpha value is -1.38. The summed E-state index contributed by atoms with van der Waals surface area (Å²) in [7, 11) is -3.62. The third-order valence-corrected chi connectivity index (χ3v) is 6.14. The van der Waals surface area contributed by atoms with Gasteiger partial charge in [-0.25, -0.2) is 8.42 Å². The molecule has 0 N–H and O–H groups in total. The first-order valence-corrected chi connectivity index (χ1v) is 7.38. The molecule has 88 valence electrons. The Bertz CT molecular complexity index is 705. The molecule has 2 rings (SSSR count). The van der Waals surface area contributed by atoms with Crippen LogP contribution in [0.15, 0.2) is 34.5 Å². The van der Waals surface area contributed by atoms with Crippen LogP contribution in [0.25, 0.3) is 10.1 Å². The monoisotopic (exact) mass is 265 g/mol. The van der Waals surface area contributed by atoms with Crippen molar-refractivity contribution < 1.29 is 8.42 Å². The third-order valence-electron chi connectivity index (χ3n) is 2.68. The lowest BCUT2D eigenvalue weighted by molar-refractivity contribution is 0.575. The van der Waals surface area contributed by atoms with Crippen LogP contribution in [-0.4, -0.2) is 13.2 Å². The molecule has 3 nitrogen and oxygen atoms in total. The number of sulfone groups is 1.